The molecule has 0 saturated carbocycles. The van der Waals surface area contributed by atoms with Crippen molar-refractivity contribution in [2.75, 3.05) is 58.1 Å². The van der Waals surface area contributed by atoms with E-state index in [1.54, 1.807) is 25.7 Å². The molecule has 0 spiro atoms. The van der Waals surface area contributed by atoms with Gasteiger partial charge in [-0.2, -0.15) is 15.2 Å². The Kier molecular flexibility index (Phi) is 7.09. The molecule has 1 fully saturated rings. The van der Waals surface area contributed by atoms with Crippen LogP contribution < -0.4 is 10.6 Å². The first kappa shape index (κ1) is 23.0. The molecule has 0 amide bonds. The van der Waals surface area contributed by atoms with Gasteiger partial charge in [-0.05, 0) is 31.5 Å². The number of likely N-dealkylation sites (tertiary alicyclic amines) is 1. The predicted molar refractivity (Wildman–Crippen MR) is 126 cm³/mol. The van der Waals surface area contributed by atoms with Gasteiger partial charge in [-0.3, -0.25) is 9.88 Å². The standard InChI is InChI=1S/C22H30FN9O/c1-14-17(29-25-3)5-6-18(26-14)15-7-10-32-20(15)21(24-2)28-22(30-32)27-19-8-9-31(11-12-33-4)13-16(19)23/h5-7,10,16,19H,8-9,11-13H2,1-4H3,(H2,24,27,28,30). The number of azo groups is 1. The second-order valence-electron chi connectivity index (χ2n) is 8.01. The Hall–Kier alpha value is -3.18. The number of nitrogens with zero attached hydrogens (tertiary/aromatic N) is 7. The SMILES string of the molecule is CN=Nc1ccc(-c2ccn3nc(NC4CCN(CCOC)CC4F)nc(NC)c23)nc1C. The summed E-state index contributed by atoms with van der Waals surface area (Å²) < 4.78 is 21.7. The lowest BCUT2D eigenvalue weighted by Gasteiger charge is -2.34. The Morgan fingerprint density at radius 2 is 2.12 bits per heavy atom. The number of pyridine rings is 1. The third-order valence-electron chi connectivity index (χ3n) is 5.84. The van der Waals surface area contributed by atoms with E-state index in [4.69, 9.17) is 4.74 Å². The first-order chi connectivity index (χ1) is 16.0. The highest BCUT2D eigenvalue weighted by molar-refractivity contribution is 5.87. The summed E-state index contributed by atoms with van der Waals surface area (Å²) in [6, 6.07) is 5.41. The van der Waals surface area contributed by atoms with Gasteiger partial charge >= 0.3 is 0 Å². The summed E-state index contributed by atoms with van der Waals surface area (Å²) in [5, 5.41) is 18.8. The topological polar surface area (TPSA) is 104 Å². The molecule has 3 aromatic rings. The molecule has 3 aromatic heterocycles. The number of rotatable bonds is 8. The van der Waals surface area contributed by atoms with E-state index in [-0.39, 0.29) is 6.04 Å². The maximum Gasteiger partial charge on any atom is 0.243 e. The molecule has 10 nitrogen and oxygen atoms in total. The lowest BCUT2D eigenvalue weighted by atomic mass is 10.0. The van der Waals surface area contributed by atoms with Crippen LogP contribution in [0.25, 0.3) is 16.8 Å². The minimum Gasteiger partial charge on any atom is -0.383 e. The van der Waals surface area contributed by atoms with Gasteiger partial charge in [0.25, 0.3) is 0 Å². The molecule has 2 N–H and O–H groups in total. The van der Waals surface area contributed by atoms with Crippen LogP contribution >= 0.6 is 0 Å². The summed E-state index contributed by atoms with van der Waals surface area (Å²) in [4.78, 5) is 11.4. The molecular formula is C22H30FN9O. The summed E-state index contributed by atoms with van der Waals surface area (Å²) in [6.45, 7) is 4.41. The average molecular weight is 456 g/mol. The molecule has 0 radical (unpaired) electrons. The highest BCUT2D eigenvalue weighted by Gasteiger charge is 2.30. The van der Waals surface area contributed by atoms with Crippen molar-refractivity contribution in [1.29, 1.82) is 0 Å². The number of halogens is 1. The van der Waals surface area contributed by atoms with E-state index in [1.165, 1.54) is 0 Å². The quantitative estimate of drug-likeness (QED) is 0.502. The van der Waals surface area contributed by atoms with Crippen LogP contribution in [0.15, 0.2) is 34.6 Å². The number of ether oxygens (including phenoxy) is 1. The number of piperidine rings is 1. The molecule has 1 aliphatic rings. The van der Waals surface area contributed by atoms with Gasteiger partial charge in [0.1, 0.15) is 17.4 Å². The minimum absolute atomic E-state index is 0.342. The Morgan fingerprint density at radius 1 is 1.27 bits per heavy atom. The molecule has 4 rings (SSSR count). The fourth-order valence-electron chi connectivity index (χ4n) is 4.10. The number of methoxy groups -OCH3 is 1. The highest BCUT2D eigenvalue weighted by atomic mass is 19.1. The molecular weight excluding hydrogens is 425 g/mol. The van der Waals surface area contributed by atoms with Crippen molar-refractivity contribution >= 4 is 23.0 Å². The number of hydrogen-bond donors (Lipinski definition) is 2. The smallest absolute Gasteiger partial charge is 0.243 e. The Bertz CT molecular complexity index is 1130. The number of nitrogens with one attached hydrogen (secondary N) is 2. The first-order valence-corrected chi connectivity index (χ1v) is 11.0. The number of hydrogen-bond acceptors (Lipinski definition) is 9. The van der Waals surface area contributed by atoms with Crippen molar-refractivity contribution in [3.05, 3.63) is 30.1 Å². The van der Waals surface area contributed by atoms with E-state index in [2.05, 4.69) is 40.8 Å². The maximum absolute atomic E-state index is 14.8. The largest absolute Gasteiger partial charge is 0.383 e. The molecule has 176 valence electrons. The van der Waals surface area contributed by atoms with Gasteiger partial charge in [0, 0.05) is 52.6 Å². The summed E-state index contributed by atoms with van der Waals surface area (Å²) >= 11 is 0. The molecule has 0 aromatic carbocycles. The summed E-state index contributed by atoms with van der Waals surface area (Å²) in [6.07, 6.45) is 1.51. The summed E-state index contributed by atoms with van der Waals surface area (Å²) in [5.41, 5.74) is 4.00. The second kappa shape index (κ2) is 10.2. The zero-order valence-electron chi connectivity index (χ0n) is 19.4. The van der Waals surface area contributed by atoms with Crippen LogP contribution in [0.5, 0.6) is 0 Å². The van der Waals surface area contributed by atoms with Crippen LogP contribution in [0.4, 0.5) is 21.8 Å². The van der Waals surface area contributed by atoms with Crippen LogP contribution in [-0.2, 0) is 4.74 Å². The van der Waals surface area contributed by atoms with Gasteiger partial charge in [-0.1, -0.05) is 0 Å². The number of aryl methyl sites for hydroxylation is 1. The molecule has 0 aliphatic carbocycles. The zero-order valence-corrected chi connectivity index (χ0v) is 19.4. The predicted octanol–water partition coefficient (Wildman–Crippen LogP) is 3.33. The van der Waals surface area contributed by atoms with E-state index < -0.39 is 6.17 Å². The number of anilines is 2. The molecule has 4 heterocycles. The van der Waals surface area contributed by atoms with Crippen molar-refractivity contribution < 1.29 is 9.13 Å². The fourth-order valence-corrected chi connectivity index (χ4v) is 4.10. The minimum atomic E-state index is -1.01. The monoisotopic (exact) mass is 455 g/mol. The second-order valence-corrected chi connectivity index (χ2v) is 8.01. The molecule has 1 aliphatic heterocycles. The van der Waals surface area contributed by atoms with Crippen molar-refractivity contribution in [2.45, 2.75) is 25.6 Å². The van der Waals surface area contributed by atoms with E-state index in [9.17, 15) is 4.39 Å². The van der Waals surface area contributed by atoms with Crippen molar-refractivity contribution in [3.8, 4) is 11.3 Å². The van der Waals surface area contributed by atoms with Crippen LogP contribution in [0, 0.1) is 6.92 Å². The molecule has 33 heavy (non-hydrogen) atoms. The van der Waals surface area contributed by atoms with Crippen molar-refractivity contribution in [1.82, 2.24) is 24.5 Å². The van der Waals surface area contributed by atoms with Crippen molar-refractivity contribution in [2.24, 2.45) is 10.2 Å². The zero-order chi connectivity index (χ0) is 23.4. The Morgan fingerprint density at radius 3 is 2.82 bits per heavy atom. The summed E-state index contributed by atoms with van der Waals surface area (Å²) in [5.74, 6) is 1.02. The van der Waals surface area contributed by atoms with Gasteiger partial charge in [0.15, 0.2) is 5.82 Å². The fraction of sp³-hybridized carbons (Fsp3) is 0.500. The van der Waals surface area contributed by atoms with Crippen LogP contribution in [-0.4, -0.2) is 84.1 Å². The van der Waals surface area contributed by atoms with Crippen LogP contribution in [0.3, 0.4) is 0 Å². The van der Waals surface area contributed by atoms with E-state index in [1.807, 2.05) is 31.3 Å². The lowest BCUT2D eigenvalue weighted by molar-refractivity contribution is 0.0918. The van der Waals surface area contributed by atoms with Gasteiger partial charge in [-0.25, -0.2) is 8.91 Å². The molecule has 11 heteroatoms. The molecule has 2 unspecified atom stereocenters. The highest BCUT2D eigenvalue weighted by Crippen LogP contribution is 2.31. The van der Waals surface area contributed by atoms with E-state index >= 15 is 0 Å². The van der Waals surface area contributed by atoms with Gasteiger partial charge in [0.05, 0.1) is 24.0 Å². The first-order valence-electron chi connectivity index (χ1n) is 11.0. The Balaban J connectivity index is 1.58. The van der Waals surface area contributed by atoms with Crippen molar-refractivity contribution in [3.63, 3.8) is 0 Å². The van der Waals surface area contributed by atoms with E-state index in [0.717, 1.165) is 41.2 Å². The third-order valence-corrected chi connectivity index (χ3v) is 5.84. The summed E-state index contributed by atoms with van der Waals surface area (Å²) in [7, 11) is 5.09. The van der Waals surface area contributed by atoms with Gasteiger partial charge in [-0.15, -0.1) is 5.10 Å². The normalized spacial score (nSPS) is 19.4. The number of aromatic nitrogens is 4. The molecule has 1 saturated heterocycles. The van der Waals surface area contributed by atoms with E-state index in [0.29, 0.717) is 31.3 Å². The van der Waals surface area contributed by atoms with Gasteiger partial charge in [0.2, 0.25) is 5.95 Å². The van der Waals surface area contributed by atoms with Crippen LogP contribution in [0.1, 0.15) is 12.1 Å². The Labute approximate surface area is 192 Å². The lowest BCUT2D eigenvalue weighted by Crippen LogP contribution is -2.48. The molecule has 0 bridgehead atoms. The number of alkyl halides is 1. The van der Waals surface area contributed by atoms with Crippen LogP contribution in [0.2, 0.25) is 0 Å². The average Bonchev–Trinajstić information content (AvgIpc) is 3.24. The maximum atomic E-state index is 14.8. The molecule has 2 atom stereocenters. The third kappa shape index (κ3) is 4.93. The number of fused-ring (bicyclic) bond motifs is 1. The van der Waals surface area contributed by atoms with Gasteiger partial charge < -0.3 is 15.4 Å².